The fourth-order valence-electron chi connectivity index (χ4n) is 4.32. The zero-order chi connectivity index (χ0) is 20.0. The second-order valence-corrected chi connectivity index (χ2v) is 9.06. The summed E-state index contributed by atoms with van der Waals surface area (Å²) < 4.78 is 3.14. The number of fused-ring (bicyclic) bond motifs is 3. The van der Waals surface area contributed by atoms with E-state index in [1.165, 1.54) is 24.1 Å². The van der Waals surface area contributed by atoms with E-state index < -0.39 is 0 Å². The Morgan fingerprint density at radius 2 is 1.79 bits per heavy atom. The van der Waals surface area contributed by atoms with Crippen molar-refractivity contribution in [3.8, 4) is 22.4 Å². The van der Waals surface area contributed by atoms with Crippen molar-refractivity contribution >= 4 is 33.2 Å². The van der Waals surface area contributed by atoms with Crippen molar-refractivity contribution in [1.29, 1.82) is 0 Å². The van der Waals surface area contributed by atoms with Gasteiger partial charge >= 0.3 is 0 Å². The van der Waals surface area contributed by atoms with E-state index in [-0.39, 0.29) is 0 Å². The average Bonchev–Trinajstić information content (AvgIpc) is 3.18. The molecule has 0 radical (unpaired) electrons. The quantitative estimate of drug-likeness (QED) is 0.325. The highest BCUT2D eigenvalue weighted by Crippen LogP contribution is 2.36. The number of benzene rings is 2. The van der Waals surface area contributed by atoms with Crippen LogP contribution in [0.3, 0.4) is 0 Å². The van der Waals surface area contributed by atoms with Gasteiger partial charge in [-0.15, -0.1) is 0 Å². The average molecular weight is 467 g/mol. The minimum atomic E-state index is 0.710. The van der Waals surface area contributed by atoms with Crippen LogP contribution in [-0.4, -0.2) is 14.6 Å². The molecule has 4 aromatic rings. The van der Waals surface area contributed by atoms with Crippen LogP contribution in [0.5, 0.6) is 0 Å². The molecule has 0 N–H and O–H groups in total. The van der Waals surface area contributed by atoms with Gasteiger partial charge in [0, 0.05) is 31.9 Å². The lowest BCUT2D eigenvalue weighted by Gasteiger charge is -2.26. The van der Waals surface area contributed by atoms with E-state index in [0.29, 0.717) is 5.92 Å². The van der Waals surface area contributed by atoms with Crippen LogP contribution in [0.1, 0.15) is 31.0 Å². The van der Waals surface area contributed by atoms with E-state index in [4.69, 9.17) is 21.7 Å². The van der Waals surface area contributed by atoms with Crippen LogP contribution in [-0.2, 0) is 12.8 Å². The first-order chi connectivity index (χ1) is 14.1. The number of hydrogen-bond acceptors (Lipinski definition) is 2. The Bertz CT molecular complexity index is 1180. The van der Waals surface area contributed by atoms with Gasteiger partial charge in [-0.1, -0.05) is 65.1 Å². The molecule has 1 aliphatic rings. The minimum Gasteiger partial charge on any atom is -0.228 e. The van der Waals surface area contributed by atoms with Gasteiger partial charge in [0.2, 0.25) is 0 Å². The summed E-state index contributed by atoms with van der Waals surface area (Å²) in [4.78, 5) is 5.17. The molecule has 0 amide bonds. The third-order valence-electron chi connectivity index (χ3n) is 5.98. The van der Waals surface area contributed by atoms with Gasteiger partial charge in [0.05, 0.1) is 11.9 Å². The molecule has 0 saturated heterocycles. The molecule has 0 bridgehead atoms. The van der Waals surface area contributed by atoms with Crippen LogP contribution in [0, 0.1) is 5.92 Å². The fourth-order valence-corrected chi connectivity index (χ4v) is 4.71. The highest BCUT2D eigenvalue weighted by molar-refractivity contribution is 9.10. The molecule has 0 fully saturated rings. The summed E-state index contributed by atoms with van der Waals surface area (Å²) in [5, 5.41) is 5.48. The van der Waals surface area contributed by atoms with E-state index in [1.807, 2.05) is 30.5 Å². The predicted octanol–water partition coefficient (Wildman–Crippen LogP) is 6.99. The molecule has 29 heavy (non-hydrogen) atoms. The molecule has 0 aliphatic heterocycles. The molecule has 5 rings (SSSR count). The SMILES string of the molecule is CCC1CCc2c(c(-c3ccc(Br)cc3)nc3c(-c4ccc(Cl)cc4)cnn23)C1. The van der Waals surface area contributed by atoms with Gasteiger partial charge in [-0.3, -0.25) is 0 Å². The van der Waals surface area contributed by atoms with Crippen molar-refractivity contribution in [2.24, 2.45) is 5.92 Å². The second kappa shape index (κ2) is 7.58. The zero-order valence-corrected chi connectivity index (χ0v) is 18.5. The van der Waals surface area contributed by atoms with Crippen molar-refractivity contribution < 1.29 is 0 Å². The Labute approximate surface area is 183 Å². The van der Waals surface area contributed by atoms with Crippen molar-refractivity contribution in [1.82, 2.24) is 14.6 Å². The molecule has 146 valence electrons. The van der Waals surface area contributed by atoms with Gasteiger partial charge in [-0.05, 0) is 55.0 Å². The molecule has 0 spiro atoms. The highest BCUT2D eigenvalue weighted by Gasteiger charge is 2.26. The highest BCUT2D eigenvalue weighted by atomic mass is 79.9. The van der Waals surface area contributed by atoms with Gasteiger partial charge in [-0.2, -0.15) is 5.10 Å². The molecule has 1 aliphatic carbocycles. The summed E-state index contributed by atoms with van der Waals surface area (Å²) in [6.07, 6.45) is 6.45. The molecule has 5 heteroatoms. The van der Waals surface area contributed by atoms with Crippen LogP contribution in [0.4, 0.5) is 0 Å². The topological polar surface area (TPSA) is 30.2 Å². The summed E-state index contributed by atoms with van der Waals surface area (Å²) in [5.74, 6) is 0.710. The first-order valence-electron chi connectivity index (χ1n) is 10.1. The second-order valence-electron chi connectivity index (χ2n) is 7.71. The zero-order valence-electron chi connectivity index (χ0n) is 16.2. The molecular weight excluding hydrogens is 446 g/mol. The summed E-state index contributed by atoms with van der Waals surface area (Å²) >= 11 is 9.64. The van der Waals surface area contributed by atoms with Gasteiger partial charge in [-0.25, -0.2) is 9.50 Å². The third-order valence-corrected chi connectivity index (χ3v) is 6.76. The summed E-state index contributed by atoms with van der Waals surface area (Å²) in [6, 6.07) is 16.4. The summed E-state index contributed by atoms with van der Waals surface area (Å²) in [5.41, 5.74) is 7.95. The molecule has 2 heterocycles. The first-order valence-corrected chi connectivity index (χ1v) is 11.2. The predicted molar refractivity (Wildman–Crippen MR) is 122 cm³/mol. The van der Waals surface area contributed by atoms with Crippen LogP contribution >= 0.6 is 27.5 Å². The molecule has 2 aromatic heterocycles. The Hall–Kier alpha value is -2.17. The fraction of sp³-hybridized carbons (Fsp3) is 0.250. The standard InChI is InChI=1S/C24H21BrClN3/c1-2-15-3-12-22-20(13-15)23(17-4-8-18(25)9-5-17)28-24-21(14-27-29(22)24)16-6-10-19(26)11-7-16/h4-11,14-15H,2-3,12-13H2,1H3. The Morgan fingerprint density at radius 1 is 1.07 bits per heavy atom. The molecule has 1 atom stereocenters. The molecule has 0 saturated carbocycles. The number of nitrogens with zero attached hydrogens (tertiary/aromatic N) is 3. The molecule has 3 nitrogen and oxygen atoms in total. The number of hydrogen-bond donors (Lipinski definition) is 0. The van der Waals surface area contributed by atoms with Gasteiger partial charge in [0.1, 0.15) is 0 Å². The van der Waals surface area contributed by atoms with E-state index in [0.717, 1.165) is 50.4 Å². The molecule has 2 aromatic carbocycles. The van der Waals surface area contributed by atoms with Crippen LogP contribution in [0.15, 0.2) is 59.2 Å². The Kier molecular flexibility index (Phi) is 4.92. The largest absolute Gasteiger partial charge is 0.228 e. The van der Waals surface area contributed by atoms with Gasteiger partial charge < -0.3 is 0 Å². The van der Waals surface area contributed by atoms with E-state index >= 15 is 0 Å². The van der Waals surface area contributed by atoms with E-state index in [9.17, 15) is 0 Å². The summed E-state index contributed by atoms with van der Waals surface area (Å²) in [7, 11) is 0. The van der Waals surface area contributed by atoms with Gasteiger partial charge in [0.15, 0.2) is 5.65 Å². The van der Waals surface area contributed by atoms with Crippen LogP contribution in [0.25, 0.3) is 28.0 Å². The maximum absolute atomic E-state index is 6.09. The normalized spacial score (nSPS) is 16.2. The van der Waals surface area contributed by atoms with Crippen LogP contribution < -0.4 is 0 Å². The van der Waals surface area contributed by atoms with Gasteiger partial charge in [0.25, 0.3) is 0 Å². The molecular formula is C24H21BrClN3. The number of aryl methyl sites for hydroxylation is 1. The lowest BCUT2D eigenvalue weighted by atomic mass is 9.83. The summed E-state index contributed by atoms with van der Waals surface area (Å²) in [6.45, 7) is 2.29. The maximum atomic E-state index is 6.09. The minimum absolute atomic E-state index is 0.710. The number of aromatic nitrogens is 3. The number of halogens is 2. The lowest BCUT2D eigenvalue weighted by molar-refractivity contribution is 0.435. The smallest absolute Gasteiger partial charge is 0.163 e. The van der Waals surface area contributed by atoms with E-state index in [2.05, 4.69) is 51.6 Å². The molecule has 1 unspecified atom stereocenters. The van der Waals surface area contributed by atoms with Crippen molar-refractivity contribution in [3.05, 3.63) is 75.5 Å². The Morgan fingerprint density at radius 3 is 2.52 bits per heavy atom. The maximum Gasteiger partial charge on any atom is 0.163 e. The van der Waals surface area contributed by atoms with Crippen molar-refractivity contribution in [2.75, 3.05) is 0 Å². The number of rotatable bonds is 3. The lowest BCUT2D eigenvalue weighted by Crippen LogP contribution is -2.19. The Balaban J connectivity index is 1.76. The van der Waals surface area contributed by atoms with Crippen molar-refractivity contribution in [2.45, 2.75) is 32.6 Å². The monoisotopic (exact) mass is 465 g/mol. The van der Waals surface area contributed by atoms with Crippen LogP contribution in [0.2, 0.25) is 5.02 Å². The third kappa shape index (κ3) is 3.38. The van der Waals surface area contributed by atoms with Crippen molar-refractivity contribution in [3.63, 3.8) is 0 Å². The first kappa shape index (κ1) is 18.8. The van der Waals surface area contributed by atoms with E-state index in [1.54, 1.807) is 0 Å².